The average molecular weight is 296 g/mol. The summed E-state index contributed by atoms with van der Waals surface area (Å²) in [7, 11) is 0. The molecule has 1 unspecified atom stereocenters. The Kier molecular flexibility index (Phi) is 3.94. The number of thiophene rings is 1. The van der Waals surface area contributed by atoms with Gasteiger partial charge in [-0.15, -0.1) is 23.1 Å². The highest BCUT2D eigenvalue weighted by molar-refractivity contribution is 7.99. The number of hydrogen-bond donors (Lipinski definition) is 1. The summed E-state index contributed by atoms with van der Waals surface area (Å²) in [6.45, 7) is 0.904. The minimum Gasteiger partial charge on any atom is -0.305 e. The van der Waals surface area contributed by atoms with E-state index in [2.05, 4.69) is 35.6 Å². The molecule has 1 aromatic heterocycles. The topological polar surface area (TPSA) is 12.0 Å². The van der Waals surface area contributed by atoms with Gasteiger partial charge in [0.25, 0.3) is 0 Å². The van der Waals surface area contributed by atoms with E-state index in [0.717, 1.165) is 10.9 Å². The van der Waals surface area contributed by atoms with E-state index < -0.39 is 0 Å². The molecular weight excluding hydrogens is 282 g/mol. The largest absolute Gasteiger partial charge is 0.305 e. The van der Waals surface area contributed by atoms with Gasteiger partial charge in [0.15, 0.2) is 0 Å². The second-order valence-electron chi connectivity index (χ2n) is 4.31. The lowest BCUT2D eigenvalue weighted by molar-refractivity contribution is 0.513. The van der Waals surface area contributed by atoms with Crippen molar-refractivity contribution in [2.75, 3.05) is 5.75 Å². The third-order valence-corrected chi connectivity index (χ3v) is 5.46. The first-order chi connectivity index (χ1) is 8.83. The Morgan fingerprint density at radius 1 is 1.22 bits per heavy atom. The van der Waals surface area contributed by atoms with E-state index in [-0.39, 0.29) is 0 Å². The smallest absolute Gasteiger partial charge is 0.0931 e. The minimum absolute atomic E-state index is 0.475. The lowest BCUT2D eigenvalue weighted by Gasteiger charge is -2.25. The summed E-state index contributed by atoms with van der Waals surface area (Å²) in [5, 5.41) is 3.65. The molecule has 0 amide bonds. The van der Waals surface area contributed by atoms with E-state index in [9.17, 15) is 0 Å². The average Bonchev–Trinajstić information content (AvgIpc) is 2.82. The second kappa shape index (κ2) is 5.66. The molecule has 0 radical (unpaired) electrons. The van der Waals surface area contributed by atoms with Crippen molar-refractivity contribution in [1.82, 2.24) is 5.32 Å². The van der Waals surface area contributed by atoms with Crippen molar-refractivity contribution in [3.8, 4) is 0 Å². The van der Waals surface area contributed by atoms with Gasteiger partial charge in [-0.2, -0.15) is 0 Å². The van der Waals surface area contributed by atoms with Gasteiger partial charge in [-0.05, 0) is 35.9 Å². The molecule has 1 N–H and O–H groups in total. The molecule has 0 spiro atoms. The summed E-state index contributed by atoms with van der Waals surface area (Å²) < 4.78 is 0.867. The van der Waals surface area contributed by atoms with Crippen LogP contribution in [0.1, 0.15) is 22.9 Å². The maximum Gasteiger partial charge on any atom is 0.0931 e. The molecule has 0 bridgehead atoms. The van der Waals surface area contributed by atoms with Crippen molar-refractivity contribution in [1.29, 1.82) is 0 Å². The van der Waals surface area contributed by atoms with Crippen LogP contribution in [-0.2, 0) is 6.54 Å². The molecule has 1 aliphatic rings. The van der Waals surface area contributed by atoms with Crippen molar-refractivity contribution >= 4 is 34.7 Å². The first kappa shape index (κ1) is 12.5. The molecule has 4 heteroatoms. The van der Waals surface area contributed by atoms with Crippen LogP contribution in [0.5, 0.6) is 0 Å². The van der Waals surface area contributed by atoms with Gasteiger partial charge >= 0.3 is 0 Å². The van der Waals surface area contributed by atoms with E-state index in [1.165, 1.54) is 27.5 Å². The molecule has 0 saturated carbocycles. The summed E-state index contributed by atoms with van der Waals surface area (Å²) >= 11 is 9.57. The van der Waals surface area contributed by atoms with Crippen LogP contribution in [0, 0.1) is 0 Å². The summed E-state index contributed by atoms with van der Waals surface area (Å²) in [6.07, 6.45) is 1.20. The van der Waals surface area contributed by atoms with Gasteiger partial charge in [0.1, 0.15) is 0 Å². The normalized spacial score (nSPS) is 18.6. The standard InChI is InChI=1S/C14H14ClNS2/c15-14-6-5-10(18-14)9-16-12-7-8-17-13-4-2-1-3-11(12)13/h1-6,12,16H,7-9H2. The Labute approximate surface area is 121 Å². The minimum atomic E-state index is 0.475. The molecule has 1 aromatic carbocycles. The number of halogens is 1. The van der Waals surface area contributed by atoms with Gasteiger partial charge in [0.2, 0.25) is 0 Å². The maximum absolute atomic E-state index is 5.95. The van der Waals surface area contributed by atoms with E-state index in [1.807, 2.05) is 17.8 Å². The first-order valence-electron chi connectivity index (χ1n) is 6.02. The molecule has 2 heterocycles. The molecule has 94 valence electrons. The number of hydrogen-bond acceptors (Lipinski definition) is 3. The van der Waals surface area contributed by atoms with Crippen LogP contribution in [0.2, 0.25) is 4.34 Å². The van der Waals surface area contributed by atoms with E-state index in [0.29, 0.717) is 6.04 Å². The summed E-state index contributed by atoms with van der Waals surface area (Å²) in [5.41, 5.74) is 1.44. The highest BCUT2D eigenvalue weighted by Crippen LogP contribution is 2.36. The van der Waals surface area contributed by atoms with Gasteiger partial charge in [-0.25, -0.2) is 0 Å². The Morgan fingerprint density at radius 2 is 2.11 bits per heavy atom. The fraction of sp³-hybridized carbons (Fsp3) is 0.286. The molecule has 1 nitrogen and oxygen atoms in total. The van der Waals surface area contributed by atoms with Crippen molar-refractivity contribution in [2.45, 2.75) is 23.9 Å². The van der Waals surface area contributed by atoms with Crippen molar-refractivity contribution in [3.05, 3.63) is 51.2 Å². The molecule has 3 rings (SSSR count). The molecular formula is C14H14ClNS2. The van der Waals surface area contributed by atoms with Crippen LogP contribution in [0.15, 0.2) is 41.3 Å². The Hall–Kier alpha value is -0.480. The summed E-state index contributed by atoms with van der Waals surface area (Å²) in [5.74, 6) is 1.19. The Bertz CT molecular complexity index is 538. The molecule has 2 aromatic rings. The highest BCUT2D eigenvalue weighted by Gasteiger charge is 2.19. The zero-order chi connectivity index (χ0) is 12.4. The third kappa shape index (κ3) is 2.75. The van der Waals surface area contributed by atoms with Crippen LogP contribution >= 0.6 is 34.7 Å². The fourth-order valence-electron chi connectivity index (χ4n) is 2.22. The molecule has 0 aliphatic carbocycles. The Balaban J connectivity index is 1.71. The number of thioether (sulfide) groups is 1. The van der Waals surface area contributed by atoms with Crippen molar-refractivity contribution in [2.24, 2.45) is 0 Å². The van der Waals surface area contributed by atoms with Gasteiger partial charge < -0.3 is 5.32 Å². The van der Waals surface area contributed by atoms with E-state index in [4.69, 9.17) is 11.6 Å². The maximum atomic E-state index is 5.95. The lowest BCUT2D eigenvalue weighted by Crippen LogP contribution is -2.23. The van der Waals surface area contributed by atoms with Crippen molar-refractivity contribution in [3.63, 3.8) is 0 Å². The summed E-state index contributed by atoms with van der Waals surface area (Å²) in [6, 6.07) is 13.2. The SMILES string of the molecule is Clc1ccc(CNC2CCSc3ccccc32)s1. The monoisotopic (exact) mass is 295 g/mol. The van der Waals surface area contributed by atoms with Crippen molar-refractivity contribution < 1.29 is 0 Å². The van der Waals surface area contributed by atoms with E-state index >= 15 is 0 Å². The molecule has 0 saturated heterocycles. The third-order valence-electron chi connectivity index (χ3n) is 3.11. The van der Waals surface area contributed by atoms with Gasteiger partial charge in [-0.3, -0.25) is 0 Å². The van der Waals surface area contributed by atoms with Gasteiger partial charge in [-0.1, -0.05) is 29.8 Å². The highest BCUT2D eigenvalue weighted by atomic mass is 35.5. The number of rotatable bonds is 3. The predicted molar refractivity (Wildman–Crippen MR) is 80.7 cm³/mol. The molecule has 1 aliphatic heterocycles. The lowest BCUT2D eigenvalue weighted by atomic mass is 10.0. The van der Waals surface area contributed by atoms with Crippen LogP contribution < -0.4 is 5.32 Å². The number of nitrogens with one attached hydrogen (secondary N) is 1. The van der Waals surface area contributed by atoms with E-state index in [1.54, 1.807) is 11.3 Å². The van der Waals surface area contributed by atoms with Crippen LogP contribution in [0.4, 0.5) is 0 Å². The van der Waals surface area contributed by atoms with Gasteiger partial charge in [0, 0.05) is 22.4 Å². The molecule has 1 atom stereocenters. The Morgan fingerprint density at radius 3 is 2.94 bits per heavy atom. The van der Waals surface area contributed by atoms with Crippen LogP contribution in [0.25, 0.3) is 0 Å². The first-order valence-corrected chi connectivity index (χ1v) is 8.20. The summed E-state index contributed by atoms with van der Waals surface area (Å²) in [4.78, 5) is 2.72. The molecule has 18 heavy (non-hydrogen) atoms. The molecule has 0 fully saturated rings. The quantitative estimate of drug-likeness (QED) is 0.878. The predicted octanol–water partition coefficient (Wildman–Crippen LogP) is 4.73. The zero-order valence-corrected chi connectivity index (χ0v) is 12.2. The second-order valence-corrected chi connectivity index (χ2v) is 7.25. The fourth-order valence-corrected chi connectivity index (χ4v) is 4.39. The number of fused-ring (bicyclic) bond motifs is 1. The number of benzene rings is 1. The van der Waals surface area contributed by atoms with Gasteiger partial charge in [0.05, 0.1) is 4.34 Å². The zero-order valence-electron chi connectivity index (χ0n) is 9.86. The van der Waals surface area contributed by atoms with Crippen LogP contribution in [0.3, 0.4) is 0 Å². The van der Waals surface area contributed by atoms with Crippen LogP contribution in [-0.4, -0.2) is 5.75 Å².